The van der Waals surface area contributed by atoms with Crippen molar-refractivity contribution in [1.82, 2.24) is 4.90 Å². The van der Waals surface area contributed by atoms with E-state index in [1.54, 1.807) is 0 Å². The standard InChI is InChI=1S/C11H22FNO/c1-4-14-9-11(12)5-7-13(8-6-11)10(2)3/h10H,4-9H2,1-3H3. The highest BCUT2D eigenvalue weighted by Crippen LogP contribution is 2.27. The minimum Gasteiger partial charge on any atom is -0.378 e. The van der Waals surface area contributed by atoms with E-state index in [2.05, 4.69) is 18.7 Å². The van der Waals surface area contributed by atoms with Crippen molar-refractivity contribution in [3.63, 3.8) is 0 Å². The zero-order valence-corrected chi connectivity index (χ0v) is 9.55. The number of halogens is 1. The monoisotopic (exact) mass is 203 g/mol. The molecule has 0 aliphatic carbocycles. The van der Waals surface area contributed by atoms with E-state index in [0.717, 1.165) is 13.1 Å². The SMILES string of the molecule is CCOCC1(F)CCN(C(C)C)CC1. The van der Waals surface area contributed by atoms with Gasteiger partial charge in [0.15, 0.2) is 0 Å². The maximum absolute atomic E-state index is 14.0. The number of hydrogen-bond donors (Lipinski definition) is 0. The Bertz CT molecular complexity index is 165. The minimum absolute atomic E-state index is 0.273. The molecule has 1 aliphatic rings. The highest BCUT2D eigenvalue weighted by molar-refractivity contribution is 4.87. The van der Waals surface area contributed by atoms with Crippen LogP contribution in [0.3, 0.4) is 0 Å². The first-order valence-electron chi connectivity index (χ1n) is 5.58. The van der Waals surface area contributed by atoms with Crippen LogP contribution in [0.2, 0.25) is 0 Å². The fraction of sp³-hybridized carbons (Fsp3) is 1.00. The van der Waals surface area contributed by atoms with E-state index in [0.29, 0.717) is 25.5 Å². The predicted octanol–water partition coefficient (Wildman–Crippen LogP) is 2.24. The fourth-order valence-electron chi connectivity index (χ4n) is 1.87. The van der Waals surface area contributed by atoms with Crippen molar-refractivity contribution in [2.75, 3.05) is 26.3 Å². The maximum Gasteiger partial charge on any atom is 0.136 e. The lowest BCUT2D eigenvalue weighted by Gasteiger charge is -2.38. The molecule has 0 saturated carbocycles. The Morgan fingerprint density at radius 3 is 2.36 bits per heavy atom. The van der Waals surface area contributed by atoms with E-state index < -0.39 is 5.67 Å². The smallest absolute Gasteiger partial charge is 0.136 e. The van der Waals surface area contributed by atoms with Crippen molar-refractivity contribution >= 4 is 0 Å². The van der Waals surface area contributed by atoms with E-state index in [1.807, 2.05) is 6.92 Å². The van der Waals surface area contributed by atoms with E-state index in [4.69, 9.17) is 4.74 Å². The van der Waals surface area contributed by atoms with Crippen LogP contribution in [-0.2, 0) is 4.74 Å². The van der Waals surface area contributed by atoms with Crippen molar-refractivity contribution in [2.45, 2.75) is 45.3 Å². The summed E-state index contributed by atoms with van der Waals surface area (Å²) >= 11 is 0. The summed E-state index contributed by atoms with van der Waals surface area (Å²) in [6.45, 7) is 8.84. The summed E-state index contributed by atoms with van der Waals surface area (Å²) in [5.41, 5.74) is -1.07. The number of likely N-dealkylation sites (tertiary alicyclic amines) is 1. The van der Waals surface area contributed by atoms with Gasteiger partial charge in [0.05, 0.1) is 6.61 Å². The van der Waals surface area contributed by atoms with Crippen LogP contribution in [0, 0.1) is 0 Å². The lowest BCUT2D eigenvalue weighted by molar-refractivity contribution is -0.0267. The number of ether oxygens (including phenoxy) is 1. The Balaban J connectivity index is 2.33. The summed E-state index contributed by atoms with van der Waals surface area (Å²) in [5.74, 6) is 0. The number of piperidine rings is 1. The number of hydrogen-bond acceptors (Lipinski definition) is 2. The Labute approximate surface area is 86.4 Å². The lowest BCUT2D eigenvalue weighted by atomic mass is 9.93. The first kappa shape index (κ1) is 11.9. The summed E-state index contributed by atoms with van der Waals surface area (Å²) in [4.78, 5) is 2.32. The van der Waals surface area contributed by atoms with Crippen LogP contribution in [0.25, 0.3) is 0 Å². The summed E-state index contributed by atoms with van der Waals surface area (Å²) in [6, 6.07) is 0.534. The van der Waals surface area contributed by atoms with Crippen LogP contribution < -0.4 is 0 Å². The third-order valence-corrected chi connectivity index (χ3v) is 2.99. The molecule has 0 bridgehead atoms. The first-order chi connectivity index (χ1) is 6.57. The van der Waals surface area contributed by atoms with Gasteiger partial charge in [-0.2, -0.15) is 0 Å². The Hall–Kier alpha value is -0.150. The molecule has 1 saturated heterocycles. The van der Waals surface area contributed by atoms with Crippen molar-refractivity contribution in [1.29, 1.82) is 0 Å². The van der Waals surface area contributed by atoms with Crippen molar-refractivity contribution in [3.05, 3.63) is 0 Å². The average molecular weight is 203 g/mol. The molecule has 1 heterocycles. The van der Waals surface area contributed by atoms with Gasteiger partial charge < -0.3 is 9.64 Å². The summed E-state index contributed by atoms with van der Waals surface area (Å²) in [6.07, 6.45) is 1.23. The molecule has 0 aromatic carbocycles. The normalized spacial score (nSPS) is 22.9. The molecule has 0 N–H and O–H groups in total. The number of alkyl halides is 1. The van der Waals surface area contributed by atoms with Gasteiger partial charge in [-0.1, -0.05) is 0 Å². The van der Waals surface area contributed by atoms with Crippen molar-refractivity contribution in [3.8, 4) is 0 Å². The molecular formula is C11H22FNO. The van der Waals surface area contributed by atoms with Crippen LogP contribution in [0.1, 0.15) is 33.6 Å². The van der Waals surface area contributed by atoms with Gasteiger partial charge in [0.2, 0.25) is 0 Å². The second kappa shape index (κ2) is 5.08. The molecule has 0 radical (unpaired) electrons. The quantitative estimate of drug-likeness (QED) is 0.694. The highest BCUT2D eigenvalue weighted by atomic mass is 19.1. The molecular weight excluding hydrogens is 181 g/mol. The van der Waals surface area contributed by atoms with Gasteiger partial charge in [-0.3, -0.25) is 0 Å². The third kappa shape index (κ3) is 3.21. The fourth-order valence-corrected chi connectivity index (χ4v) is 1.87. The van der Waals surface area contributed by atoms with Gasteiger partial charge >= 0.3 is 0 Å². The Morgan fingerprint density at radius 2 is 1.93 bits per heavy atom. The van der Waals surface area contributed by atoms with E-state index in [-0.39, 0.29) is 6.61 Å². The maximum atomic E-state index is 14.0. The van der Waals surface area contributed by atoms with Crippen molar-refractivity contribution in [2.24, 2.45) is 0 Å². The van der Waals surface area contributed by atoms with Gasteiger partial charge in [-0.25, -0.2) is 4.39 Å². The van der Waals surface area contributed by atoms with Gasteiger partial charge in [-0.05, 0) is 33.6 Å². The van der Waals surface area contributed by atoms with Crippen molar-refractivity contribution < 1.29 is 9.13 Å². The molecule has 14 heavy (non-hydrogen) atoms. The number of nitrogens with zero attached hydrogens (tertiary/aromatic N) is 1. The zero-order chi connectivity index (χ0) is 10.6. The molecule has 1 fully saturated rings. The average Bonchev–Trinajstić information content (AvgIpc) is 2.16. The molecule has 0 aromatic rings. The molecule has 0 spiro atoms. The lowest BCUT2D eigenvalue weighted by Crippen LogP contribution is -2.46. The highest BCUT2D eigenvalue weighted by Gasteiger charge is 2.35. The van der Waals surface area contributed by atoms with Crippen LogP contribution >= 0.6 is 0 Å². The van der Waals surface area contributed by atoms with Crippen LogP contribution in [0.4, 0.5) is 4.39 Å². The van der Waals surface area contributed by atoms with Crippen LogP contribution in [0.5, 0.6) is 0 Å². The first-order valence-corrected chi connectivity index (χ1v) is 5.58. The Morgan fingerprint density at radius 1 is 1.36 bits per heavy atom. The minimum atomic E-state index is -1.07. The van der Waals surface area contributed by atoms with Gasteiger partial charge in [0, 0.05) is 25.7 Å². The topological polar surface area (TPSA) is 12.5 Å². The largest absolute Gasteiger partial charge is 0.378 e. The summed E-state index contributed by atoms with van der Waals surface area (Å²) in [7, 11) is 0. The van der Waals surface area contributed by atoms with E-state index >= 15 is 0 Å². The molecule has 0 atom stereocenters. The van der Waals surface area contributed by atoms with Gasteiger partial charge in [0.1, 0.15) is 5.67 Å². The molecule has 84 valence electrons. The van der Waals surface area contributed by atoms with E-state index in [1.165, 1.54) is 0 Å². The predicted molar refractivity (Wildman–Crippen MR) is 56.3 cm³/mol. The van der Waals surface area contributed by atoms with Crippen LogP contribution in [0.15, 0.2) is 0 Å². The Kier molecular flexibility index (Phi) is 4.32. The summed E-state index contributed by atoms with van der Waals surface area (Å²) in [5, 5.41) is 0. The molecule has 0 unspecified atom stereocenters. The number of rotatable bonds is 4. The molecule has 0 aromatic heterocycles. The molecule has 2 nitrogen and oxygen atoms in total. The zero-order valence-electron chi connectivity index (χ0n) is 9.55. The molecule has 0 amide bonds. The molecule has 1 rings (SSSR count). The summed E-state index contributed by atoms with van der Waals surface area (Å²) < 4.78 is 19.2. The second-order valence-electron chi connectivity index (χ2n) is 4.42. The molecule has 3 heteroatoms. The van der Waals surface area contributed by atoms with Crippen LogP contribution in [-0.4, -0.2) is 42.9 Å². The second-order valence-corrected chi connectivity index (χ2v) is 4.42. The van der Waals surface area contributed by atoms with E-state index in [9.17, 15) is 4.39 Å². The van der Waals surface area contributed by atoms with Gasteiger partial charge in [0.25, 0.3) is 0 Å². The van der Waals surface area contributed by atoms with Gasteiger partial charge in [-0.15, -0.1) is 0 Å². The third-order valence-electron chi connectivity index (χ3n) is 2.99. The molecule has 1 aliphatic heterocycles.